The van der Waals surface area contributed by atoms with Crippen molar-refractivity contribution in [3.8, 4) is 0 Å². The average Bonchev–Trinajstić information content (AvgIpc) is 2.89. The van der Waals surface area contributed by atoms with E-state index in [1.807, 2.05) is 0 Å². The highest BCUT2D eigenvalue weighted by Crippen LogP contribution is 2.25. The zero-order chi connectivity index (χ0) is 23.0. The molecule has 0 saturated carbocycles. The van der Waals surface area contributed by atoms with Crippen LogP contribution in [0.3, 0.4) is 0 Å². The predicted molar refractivity (Wildman–Crippen MR) is 116 cm³/mol. The molecule has 1 aliphatic rings. The van der Waals surface area contributed by atoms with Gasteiger partial charge in [0.1, 0.15) is 6.54 Å². The second-order valence-electron chi connectivity index (χ2n) is 6.40. The topological polar surface area (TPSA) is 166 Å². The molecule has 10 heteroatoms. The number of nitrogens with zero attached hydrogens (tertiary/aromatic N) is 1. The Labute approximate surface area is 178 Å². The first-order valence-electron chi connectivity index (χ1n) is 9.32. The minimum absolute atomic E-state index is 0.100. The molecule has 0 bridgehead atoms. The maximum absolute atomic E-state index is 12.8. The van der Waals surface area contributed by atoms with E-state index in [4.69, 9.17) is 10.5 Å². The summed E-state index contributed by atoms with van der Waals surface area (Å²) >= 11 is 0. The lowest BCUT2D eigenvalue weighted by Crippen LogP contribution is -2.36. The van der Waals surface area contributed by atoms with E-state index < -0.39 is 23.7 Å². The number of benzene rings is 2. The largest absolute Gasteiger partial charge is 0.481 e. The van der Waals surface area contributed by atoms with Gasteiger partial charge in [-0.3, -0.25) is 19.2 Å². The zero-order valence-electron chi connectivity index (χ0n) is 16.8. The Bertz CT molecular complexity index is 1000. The second-order valence-corrected chi connectivity index (χ2v) is 6.40. The molecule has 0 fully saturated rings. The molecule has 0 spiro atoms. The Morgan fingerprint density at radius 1 is 1.19 bits per heavy atom. The van der Waals surface area contributed by atoms with Gasteiger partial charge in [-0.1, -0.05) is 12.1 Å². The summed E-state index contributed by atoms with van der Waals surface area (Å²) in [6.07, 6.45) is 0.890. The van der Waals surface area contributed by atoms with Crippen LogP contribution in [0.4, 0.5) is 11.4 Å². The summed E-state index contributed by atoms with van der Waals surface area (Å²) in [4.78, 5) is 49.2. The normalized spacial score (nSPS) is 12.5. The smallest absolute Gasteiger partial charge is 0.305 e. The molecular weight excluding hydrogens is 402 g/mol. The summed E-state index contributed by atoms with van der Waals surface area (Å²) in [6.45, 7) is -0.348. The van der Waals surface area contributed by atoms with Crippen molar-refractivity contribution in [2.75, 3.05) is 30.8 Å². The third-order valence-electron chi connectivity index (χ3n) is 4.34. The Kier molecular flexibility index (Phi) is 7.98. The highest BCUT2D eigenvalue weighted by Gasteiger charge is 2.27. The van der Waals surface area contributed by atoms with Gasteiger partial charge in [0.05, 0.1) is 17.7 Å². The number of amides is 3. The van der Waals surface area contributed by atoms with Gasteiger partial charge in [-0.15, -0.1) is 0 Å². The summed E-state index contributed by atoms with van der Waals surface area (Å²) < 4.78 is 0. The molecule has 3 rings (SSSR count). The van der Waals surface area contributed by atoms with Gasteiger partial charge in [0.2, 0.25) is 5.91 Å². The fourth-order valence-electron chi connectivity index (χ4n) is 2.86. The number of hydrogen-bond acceptors (Lipinski definition) is 6. The van der Waals surface area contributed by atoms with Crippen molar-refractivity contribution in [1.29, 1.82) is 5.41 Å². The maximum Gasteiger partial charge on any atom is 0.305 e. The molecule has 0 saturated heterocycles. The number of aliphatic carboxylic acids is 1. The molecule has 3 amide bonds. The van der Waals surface area contributed by atoms with Gasteiger partial charge in [0.25, 0.3) is 11.8 Å². The van der Waals surface area contributed by atoms with Crippen molar-refractivity contribution in [1.82, 2.24) is 4.90 Å². The van der Waals surface area contributed by atoms with Crippen LogP contribution in [0.1, 0.15) is 32.7 Å². The molecule has 1 aliphatic heterocycles. The zero-order valence-corrected chi connectivity index (χ0v) is 16.8. The number of rotatable bonds is 6. The van der Waals surface area contributed by atoms with Crippen molar-refractivity contribution in [2.24, 2.45) is 5.73 Å². The first kappa shape index (κ1) is 23.2. The summed E-state index contributed by atoms with van der Waals surface area (Å²) in [5, 5.41) is 21.3. The first-order chi connectivity index (χ1) is 14.9. The Hall–Kier alpha value is -4.05. The fraction of sp³-hybridized carbons (Fsp3) is 0.190. The molecule has 1 heterocycles. The number of anilines is 2. The van der Waals surface area contributed by atoms with E-state index in [-0.39, 0.29) is 25.1 Å². The molecule has 0 aliphatic carbocycles. The third-order valence-corrected chi connectivity index (χ3v) is 4.34. The van der Waals surface area contributed by atoms with Crippen LogP contribution in [-0.2, 0) is 9.59 Å². The molecule has 31 heavy (non-hydrogen) atoms. The van der Waals surface area contributed by atoms with Gasteiger partial charge in [-0.25, -0.2) is 0 Å². The highest BCUT2D eigenvalue weighted by atomic mass is 16.4. The van der Waals surface area contributed by atoms with Crippen LogP contribution in [0, 0.1) is 5.41 Å². The maximum atomic E-state index is 12.8. The lowest BCUT2D eigenvalue weighted by atomic mass is 10.1. The van der Waals surface area contributed by atoms with Gasteiger partial charge >= 0.3 is 5.97 Å². The van der Waals surface area contributed by atoms with Crippen LogP contribution >= 0.6 is 0 Å². The third kappa shape index (κ3) is 5.97. The van der Waals surface area contributed by atoms with E-state index in [0.29, 0.717) is 22.5 Å². The van der Waals surface area contributed by atoms with Gasteiger partial charge < -0.3 is 31.8 Å². The number of carboxylic acid groups (broad SMARTS) is 1. The number of nitrogens with two attached hydrogens (primary N) is 1. The number of fused-ring (bicyclic) bond motifs is 1. The van der Waals surface area contributed by atoms with Gasteiger partial charge in [-0.2, -0.15) is 0 Å². The second kappa shape index (κ2) is 10.6. The standard InChI is InChI=1S/C20H18N4O5.CH5N/c21-10-12-1-3-13(4-2-12)19(28)22-14-5-6-16-15(9-14)20(29)24(8-7-18(26)27)11-17(25)23-16;1-2/h1-6,9-10,21H,7-8,11H2,(H,22,28)(H,23,25)(H,26,27);2H2,1H3. The van der Waals surface area contributed by atoms with Crippen LogP contribution in [0.25, 0.3) is 0 Å². The number of hydrogen-bond donors (Lipinski definition) is 5. The average molecular weight is 425 g/mol. The molecule has 0 unspecified atom stereocenters. The van der Waals surface area contributed by atoms with Crippen LogP contribution in [0.15, 0.2) is 42.5 Å². The fourth-order valence-corrected chi connectivity index (χ4v) is 2.86. The van der Waals surface area contributed by atoms with Crippen LogP contribution in [0.5, 0.6) is 0 Å². The van der Waals surface area contributed by atoms with E-state index >= 15 is 0 Å². The highest BCUT2D eigenvalue weighted by molar-refractivity contribution is 6.10. The van der Waals surface area contributed by atoms with Gasteiger partial charge in [0, 0.05) is 24.0 Å². The Morgan fingerprint density at radius 2 is 1.87 bits per heavy atom. The quantitative estimate of drug-likeness (QED) is 0.439. The van der Waals surface area contributed by atoms with E-state index in [0.717, 1.165) is 4.90 Å². The van der Waals surface area contributed by atoms with Crippen LogP contribution < -0.4 is 16.4 Å². The SMILES string of the molecule is CN.N=Cc1ccc(C(=O)Nc2ccc3c(c2)C(=O)N(CCC(=O)O)CC(=O)N3)cc1. The molecule has 0 radical (unpaired) electrons. The molecule has 0 aromatic heterocycles. The summed E-state index contributed by atoms with van der Waals surface area (Å²) in [7, 11) is 1.50. The monoisotopic (exact) mass is 425 g/mol. The number of carbonyl (C=O) groups excluding carboxylic acids is 3. The molecule has 2 aromatic rings. The van der Waals surface area contributed by atoms with Gasteiger partial charge in [0.15, 0.2) is 0 Å². The molecular formula is C21H23N5O5. The summed E-state index contributed by atoms with van der Waals surface area (Å²) in [6, 6.07) is 11.0. The lowest BCUT2D eigenvalue weighted by molar-refractivity contribution is -0.137. The number of nitrogens with one attached hydrogen (secondary N) is 3. The summed E-state index contributed by atoms with van der Waals surface area (Å²) in [5.74, 6) is -2.39. The van der Waals surface area contributed by atoms with Crippen molar-refractivity contribution in [2.45, 2.75) is 6.42 Å². The summed E-state index contributed by atoms with van der Waals surface area (Å²) in [5.41, 5.74) is 6.36. The number of carbonyl (C=O) groups is 4. The molecule has 6 N–H and O–H groups in total. The predicted octanol–water partition coefficient (Wildman–Crippen LogP) is 1.38. The van der Waals surface area contributed by atoms with Crippen molar-refractivity contribution in [3.63, 3.8) is 0 Å². The van der Waals surface area contributed by atoms with Crippen molar-refractivity contribution < 1.29 is 24.3 Å². The van der Waals surface area contributed by atoms with Crippen LogP contribution in [0.2, 0.25) is 0 Å². The molecule has 2 aromatic carbocycles. The molecule has 0 atom stereocenters. The Morgan fingerprint density at radius 3 is 2.48 bits per heavy atom. The lowest BCUT2D eigenvalue weighted by Gasteiger charge is -2.18. The van der Waals surface area contributed by atoms with E-state index in [9.17, 15) is 19.2 Å². The van der Waals surface area contributed by atoms with Crippen molar-refractivity contribution in [3.05, 3.63) is 59.2 Å². The van der Waals surface area contributed by atoms with E-state index in [1.165, 1.54) is 25.4 Å². The molecule has 162 valence electrons. The van der Waals surface area contributed by atoms with E-state index in [2.05, 4.69) is 16.4 Å². The minimum Gasteiger partial charge on any atom is -0.481 e. The van der Waals surface area contributed by atoms with E-state index in [1.54, 1.807) is 30.3 Å². The minimum atomic E-state index is -1.07. The number of carboxylic acids is 1. The molecule has 10 nitrogen and oxygen atoms in total. The Balaban J connectivity index is 0.00000166. The van der Waals surface area contributed by atoms with Crippen molar-refractivity contribution >= 4 is 41.3 Å². The van der Waals surface area contributed by atoms with Gasteiger partial charge in [-0.05, 0) is 42.9 Å². The van der Waals surface area contributed by atoms with Crippen LogP contribution in [-0.4, -0.2) is 60.0 Å². The first-order valence-corrected chi connectivity index (χ1v) is 9.32.